The van der Waals surface area contributed by atoms with Crippen molar-refractivity contribution < 1.29 is 40.4 Å². The Balaban J connectivity index is 1.60. The third kappa shape index (κ3) is 6.54. The Morgan fingerprint density at radius 3 is 2.27 bits per heavy atom. The molecule has 3 aromatic rings. The van der Waals surface area contributed by atoms with Crippen LogP contribution in [0.4, 0.5) is 43.7 Å². The number of carbonyl (C=O) groups is 1. The first-order valence-corrected chi connectivity index (χ1v) is 14.4. The first-order chi connectivity index (χ1) is 21.1. The molecule has 0 bridgehead atoms. The zero-order chi connectivity index (χ0) is 32.8. The van der Waals surface area contributed by atoms with Gasteiger partial charge >= 0.3 is 12.1 Å². The van der Waals surface area contributed by atoms with Gasteiger partial charge in [-0.05, 0) is 27.8 Å². The standard InChI is InChI=1S/C30H33F6N7O2/c1-16-12-43(13-17(2)41(16)5)23-9-22(31)25(19-10-37-29(38-11-19)42-6-7-45-18(3)14-42)26(33)27(23)39-28(44)20-15-40(4)24(32)8-21(20)30(34,35)36/h8-11,15-18H,6-7,12-14H2,1-5H3/p+1/t16-,17+,18-/m1/s1. The largest absolute Gasteiger partial charge is 0.417 e. The van der Waals surface area contributed by atoms with Crippen LogP contribution in [0, 0.1) is 17.6 Å². The Hall–Kier alpha value is -3.98. The van der Waals surface area contributed by atoms with Gasteiger partial charge in [0.25, 0.3) is 5.91 Å². The smallest absolute Gasteiger partial charge is 0.375 e. The molecule has 2 saturated heterocycles. The summed E-state index contributed by atoms with van der Waals surface area (Å²) in [5.74, 6) is -4.43. The van der Waals surface area contributed by atoms with Gasteiger partial charge in [0.2, 0.25) is 5.95 Å². The van der Waals surface area contributed by atoms with Crippen LogP contribution < -0.4 is 19.7 Å². The summed E-state index contributed by atoms with van der Waals surface area (Å²) >= 11 is 0. The maximum Gasteiger partial charge on any atom is 0.417 e. The minimum atomic E-state index is -5.09. The lowest BCUT2D eigenvalue weighted by molar-refractivity contribution is -0.700. The molecule has 0 saturated carbocycles. The molecule has 45 heavy (non-hydrogen) atoms. The molecule has 1 aromatic carbocycles. The second-order valence-electron chi connectivity index (χ2n) is 11.6. The van der Waals surface area contributed by atoms with E-state index in [0.29, 0.717) is 49.5 Å². The summed E-state index contributed by atoms with van der Waals surface area (Å²) in [6.45, 7) is 7.89. The summed E-state index contributed by atoms with van der Waals surface area (Å²) < 4.78 is 94.2. The van der Waals surface area contributed by atoms with Gasteiger partial charge in [-0.2, -0.15) is 17.7 Å². The van der Waals surface area contributed by atoms with Gasteiger partial charge in [-0.1, -0.05) is 0 Å². The van der Waals surface area contributed by atoms with Crippen LogP contribution >= 0.6 is 0 Å². The van der Waals surface area contributed by atoms with E-state index >= 15 is 8.78 Å². The van der Waals surface area contributed by atoms with Gasteiger partial charge in [-0.25, -0.2) is 18.7 Å². The lowest BCUT2D eigenvalue weighted by atomic mass is 10.0. The molecule has 1 amide bonds. The number of halogens is 6. The number of nitrogens with zero attached hydrogens (tertiary/aromatic N) is 6. The van der Waals surface area contributed by atoms with Crippen LogP contribution in [-0.2, 0) is 18.0 Å². The summed E-state index contributed by atoms with van der Waals surface area (Å²) in [6, 6.07) is 1.13. The van der Waals surface area contributed by atoms with Crippen LogP contribution in [0.3, 0.4) is 0 Å². The Bertz CT molecular complexity index is 1570. The number of benzene rings is 1. The highest BCUT2D eigenvalue weighted by Gasteiger charge is 2.39. The monoisotopic (exact) mass is 638 g/mol. The van der Waals surface area contributed by atoms with Gasteiger partial charge < -0.3 is 19.9 Å². The van der Waals surface area contributed by atoms with Crippen molar-refractivity contribution in [3.63, 3.8) is 0 Å². The number of piperazine rings is 1. The first kappa shape index (κ1) is 32.4. The predicted molar refractivity (Wildman–Crippen MR) is 154 cm³/mol. The first-order valence-electron chi connectivity index (χ1n) is 14.4. The van der Waals surface area contributed by atoms with Crippen molar-refractivity contribution in [2.24, 2.45) is 7.05 Å². The molecule has 5 rings (SSSR count). The Morgan fingerprint density at radius 1 is 1.02 bits per heavy atom. The second-order valence-corrected chi connectivity index (χ2v) is 11.6. The van der Waals surface area contributed by atoms with Gasteiger partial charge in [0.05, 0.1) is 35.6 Å². The van der Waals surface area contributed by atoms with Crippen LogP contribution in [0.2, 0.25) is 0 Å². The van der Waals surface area contributed by atoms with Crippen LogP contribution in [0.15, 0.2) is 30.7 Å². The second kappa shape index (κ2) is 12.4. The average molecular weight is 639 g/mol. The van der Waals surface area contributed by atoms with Gasteiger partial charge in [-0.15, -0.1) is 4.39 Å². The molecule has 15 heteroatoms. The van der Waals surface area contributed by atoms with E-state index in [4.69, 9.17) is 4.74 Å². The number of amides is 1. The Labute approximate surface area is 256 Å². The molecule has 4 heterocycles. The van der Waals surface area contributed by atoms with Crippen molar-refractivity contribution in [2.45, 2.75) is 45.1 Å². The fraction of sp³-hybridized carbons (Fsp3) is 0.467. The molecule has 2 aromatic heterocycles. The van der Waals surface area contributed by atoms with E-state index in [1.165, 1.54) is 12.4 Å². The lowest BCUT2D eigenvalue weighted by Gasteiger charge is -2.44. The van der Waals surface area contributed by atoms with Gasteiger partial charge in [-0.3, -0.25) is 9.69 Å². The molecule has 0 unspecified atom stereocenters. The third-order valence-electron chi connectivity index (χ3n) is 8.35. The van der Waals surface area contributed by atoms with Crippen molar-refractivity contribution in [1.82, 2.24) is 14.9 Å². The van der Waals surface area contributed by atoms with Crippen molar-refractivity contribution in [3.05, 3.63) is 59.4 Å². The normalized spacial score (nSPS) is 21.3. The number of anilines is 3. The van der Waals surface area contributed by atoms with Gasteiger partial charge in [0.15, 0.2) is 12.0 Å². The van der Waals surface area contributed by atoms with Crippen molar-refractivity contribution in [1.29, 1.82) is 0 Å². The topological polar surface area (TPSA) is 77.7 Å². The van der Waals surface area contributed by atoms with E-state index in [9.17, 15) is 22.4 Å². The van der Waals surface area contributed by atoms with E-state index in [1.54, 1.807) is 4.90 Å². The number of morpholine rings is 1. The fourth-order valence-electron chi connectivity index (χ4n) is 5.67. The van der Waals surface area contributed by atoms with Crippen molar-refractivity contribution in [3.8, 4) is 11.1 Å². The van der Waals surface area contributed by atoms with Crippen molar-refractivity contribution in [2.75, 3.05) is 55.0 Å². The molecular formula is C30H34F6N7O2+. The molecule has 242 valence electrons. The lowest BCUT2D eigenvalue weighted by Crippen LogP contribution is -2.55. The quantitative estimate of drug-likeness (QED) is 0.252. The molecule has 2 aliphatic heterocycles. The number of hydrogen-bond donors (Lipinski definition) is 1. The molecule has 0 radical (unpaired) electrons. The molecule has 3 atom stereocenters. The average Bonchev–Trinajstić information content (AvgIpc) is 2.98. The Kier molecular flexibility index (Phi) is 8.95. The summed E-state index contributed by atoms with van der Waals surface area (Å²) in [7, 11) is 3.04. The minimum absolute atomic E-state index is 0.0404. The van der Waals surface area contributed by atoms with E-state index in [2.05, 4.69) is 20.2 Å². The highest BCUT2D eigenvalue weighted by molar-refractivity contribution is 6.07. The summed E-state index contributed by atoms with van der Waals surface area (Å²) in [5.41, 5.74) is -3.65. The number of likely N-dealkylation sites (N-methyl/N-ethyl adjacent to an activating group) is 1. The number of rotatable bonds is 5. The number of carbonyl (C=O) groups excluding carboxylic acids is 1. The van der Waals surface area contributed by atoms with Gasteiger partial charge in [0, 0.05) is 62.3 Å². The van der Waals surface area contributed by atoms with E-state index in [1.807, 2.05) is 32.7 Å². The number of pyridine rings is 1. The number of aromatic nitrogens is 3. The number of hydrogen-bond acceptors (Lipinski definition) is 7. The zero-order valence-corrected chi connectivity index (χ0v) is 25.4. The summed E-state index contributed by atoms with van der Waals surface area (Å²) in [5, 5.41) is 2.26. The number of ether oxygens (including phenoxy) is 1. The summed E-state index contributed by atoms with van der Waals surface area (Å²) in [6.07, 6.45) is -1.98. The van der Waals surface area contributed by atoms with Gasteiger partial charge in [0.1, 0.15) is 24.1 Å². The molecule has 1 N–H and O–H groups in total. The zero-order valence-electron chi connectivity index (χ0n) is 25.4. The highest BCUT2D eigenvalue weighted by atomic mass is 19.4. The molecule has 9 nitrogen and oxygen atoms in total. The fourth-order valence-corrected chi connectivity index (χ4v) is 5.67. The number of alkyl halides is 3. The predicted octanol–water partition coefficient (Wildman–Crippen LogP) is 4.41. The van der Waals surface area contributed by atoms with E-state index < -0.39 is 52.0 Å². The number of nitrogens with one attached hydrogen (secondary N) is 1. The minimum Gasteiger partial charge on any atom is -0.375 e. The maximum atomic E-state index is 16.5. The maximum absolute atomic E-state index is 16.5. The van der Waals surface area contributed by atoms with E-state index in [-0.39, 0.29) is 35.5 Å². The van der Waals surface area contributed by atoms with Crippen LogP contribution in [0.1, 0.15) is 36.7 Å². The number of aryl methyl sites for hydroxylation is 1. The van der Waals surface area contributed by atoms with Crippen LogP contribution in [-0.4, -0.2) is 78.8 Å². The SMILES string of the molecule is C[C@@H]1CN(c2ncc(-c3c(F)cc(N4C[C@@H](C)N(C)[C@@H](C)C4)c(NC(=O)c4c[n+](C)c(F)cc4C(F)(F)F)c3F)cn2)CCO1. The highest BCUT2D eigenvalue weighted by Crippen LogP contribution is 2.40. The Morgan fingerprint density at radius 2 is 1.67 bits per heavy atom. The molecule has 2 fully saturated rings. The van der Waals surface area contributed by atoms with Crippen molar-refractivity contribution >= 4 is 23.2 Å². The third-order valence-corrected chi connectivity index (χ3v) is 8.35. The summed E-state index contributed by atoms with van der Waals surface area (Å²) in [4.78, 5) is 27.6. The van der Waals surface area contributed by atoms with Crippen LogP contribution in [0.25, 0.3) is 11.1 Å². The molecular weight excluding hydrogens is 604 g/mol. The van der Waals surface area contributed by atoms with Crippen LogP contribution in [0.5, 0.6) is 0 Å². The molecule has 2 aliphatic rings. The van der Waals surface area contributed by atoms with E-state index in [0.717, 1.165) is 13.1 Å². The molecule has 0 spiro atoms. The molecule has 0 aliphatic carbocycles.